The van der Waals surface area contributed by atoms with Gasteiger partial charge in [0.1, 0.15) is 6.10 Å². The quantitative estimate of drug-likeness (QED) is 0.847. The molecule has 1 amide bonds. The van der Waals surface area contributed by atoms with Crippen LogP contribution in [-0.2, 0) is 6.42 Å². The zero-order chi connectivity index (χ0) is 15.2. The summed E-state index contributed by atoms with van der Waals surface area (Å²) in [5.41, 5.74) is 1.54. The van der Waals surface area contributed by atoms with Gasteiger partial charge in [-0.15, -0.1) is 0 Å². The summed E-state index contributed by atoms with van der Waals surface area (Å²) in [6.45, 7) is 0.554. The van der Waals surface area contributed by atoms with Gasteiger partial charge in [0, 0.05) is 42.9 Å². The van der Waals surface area contributed by atoms with Crippen molar-refractivity contribution in [1.29, 1.82) is 0 Å². The summed E-state index contributed by atoms with van der Waals surface area (Å²) in [5.74, 6) is 2.61. The first-order chi connectivity index (χ1) is 10.8. The van der Waals surface area contributed by atoms with E-state index in [0.717, 1.165) is 30.0 Å². The predicted molar refractivity (Wildman–Crippen MR) is 85.2 cm³/mol. The minimum Gasteiger partial charge on any atom is -0.473 e. The average Bonchev–Trinajstić information content (AvgIpc) is 3.21. The second-order valence-corrected chi connectivity index (χ2v) is 6.22. The predicted octanol–water partition coefficient (Wildman–Crippen LogP) is 1.66. The average molecular weight is 318 g/mol. The lowest BCUT2D eigenvalue weighted by atomic mass is 10.2. The van der Waals surface area contributed by atoms with Gasteiger partial charge in [0.2, 0.25) is 5.88 Å². The number of hydrogen-bond donors (Lipinski definition) is 2. The molecule has 0 aliphatic carbocycles. The fourth-order valence-corrected chi connectivity index (χ4v) is 3.29. The number of ether oxygens (including phenoxy) is 1. The van der Waals surface area contributed by atoms with Gasteiger partial charge in [0.25, 0.3) is 5.91 Å². The van der Waals surface area contributed by atoms with E-state index in [2.05, 4.69) is 20.3 Å². The van der Waals surface area contributed by atoms with E-state index in [1.54, 1.807) is 30.9 Å². The second-order valence-electron chi connectivity index (χ2n) is 5.07. The Balaban J connectivity index is 1.47. The van der Waals surface area contributed by atoms with Crippen LogP contribution in [0, 0.1) is 0 Å². The first-order valence-corrected chi connectivity index (χ1v) is 8.42. The number of thioether (sulfide) groups is 1. The van der Waals surface area contributed by atoms with Crippen LogP contribution in [0.4, 0.5) is 0 Å². The number of imidazole rings is 1. The zero-order valence-corrected chi connectivity index (χ0v) is 12.9. The molecule has 2 N–H and O–H groups in total. The number of nitrogens with one attached hydrogen (secondary N) is 2. The summed E-state index contributed by atoms with van der Waals surface area (Å²) in [7, 11) is 0. The Morgan fingerprint density at radius 1 is 1.45 bits per heavy atom. The number of aromatic nitrogens is 3. The standard InChI is InChI=1S/C15H18N4O2S/c20-15(17-5-3-12-8-16-10-19-12)11-1-2-14(18-7-11)21-13-4-6-22-9-13/h1-2,7-8,10,13H,3-6,9H2,(H,16,19)(H,17,20). The number of pyridine rings is 1. The minimum atomic E-state index is -0.130. The van der Waals surface area contributed by atoms with Crippen molar-refractivity contribution in [2.45, 2.75) is 18.9 Å². The van der Waals surface area contributed by atoms with Crippen LogP contribution in [0.15, 0.2) is 30.9 Å². The van der Waals surface area contributed by atoms with E-state index >= 15 is 0 Å². The third-order valence-corrected chi connectivity index (χ3v) is 4.54. The smallest absolute Gasteiger partial charge is 0.252 e. The maximum Gasteiger partial charge on any atom is 0.252 e. The van der Waals surface area contributed by atoms with Crippen molar-refractivity contribution in [1.82, 2.24) is 20.3 Å². The van der Waals surface area contributed by atoms with Crippen LogP contribution < -0.4 is 10.1 Å². The van der Waals surface area contributed by atoms with Gasteiger partial charge in [-0.3, -0.25) is 4.79 Å². The number of carbonyl (C=O) groups excluding carboxylic acids is 1. The molecule has 116 valence electrons. The number of rotatable bonds is 6. The van der Waals surface area contributed by atoms with Gasteiger partial charge in [-0.2, -0.15) is 11.8 Å². The molecule has 2 aromatic rings. The van der Waals surface area contributed by atoms with Gasteiger partial charge < -0.3 is 15.0 Å². The van der Waals surface area contributed by atoms with Crippen molar-refractivity contribution >= 4 is 17.7 Å². The van der Waals surface area contributed by atoms with Crippen molar-refractivity contribution in [3.63, 3.8) is 0 Å². The van der Waals surface area contributed by atoms with Crippen LogP contribution in [0.1, 0.15) is 22.5 Å². The van der Waals surface area contributed by atoms with E-state index < -0.39 is 0 Å². The van der Waals surface area contributed by atoms with Crippen molar-refractivity contribution in [3.05, 3.63) is 42.1 Å². The number of aromatic amines is 1. The molecule has 1 unspecified atom stereocenters. The molecule has 1 atom stereocenters. The lowest BCUT2D eigenvalue weighted by Gasteiger charge is -2.11. The molecule has 7 heteroatoms. The van der Waals surface area contributed by atoms with Crippen LogP contribution in [0.5, 0.6) is 5.88 Å². The molecule has 0 aromatic carbocycles. The van der Waals surface area contributed by atoms with Gasteiger partial charge in [-0.1, -0.05) is 0 Å². The van der Waals surface area contributed by atoms with Crippen LogP contribution in [0.2, 0.25) is 0 Å². The van der Waals surface area contributed by atoms with Crippen molar-refractivity contribution in [3.8, 4) is 5.88 Å². The van der Waals surface area contributed by atoms with Crippen molar-refractivity contribution in [2.24, 2.45) is 0 Å². The maximum absolute atomic E-state index is 12.0. The fourth-order valence-electron chi connectivity index (χ4n) is 2.20. The first kappa shape index (κ1) is 14.9. The van der Waals surface area contributed by atoms with Crippen molar-refractivity contribution in [2.75, 3.05) is 18.1 Å². The first-order valence-electron chi connectivity index (χ1n) is 7.27. The summed E-state index contributed by atoms with van der Waals surface area (Å²) in [6.07, 6.45) is 6.96. The van der Waals surface area contributed by atoms with Crippen LogP contribution in [-0.4, -0.2) is 45.0 Å². The Hall–Kier alpha value is -2.02. The SMILES string of the molecule is O=C(NCCc1cnc[nH]1)c1ccc(OC2CCSC2)nc1. The molecule has 3 heterocycles. The number of amides is 1. The summed E-state index contributed by atoms with van der Waals surface area (Å²) < 4.78 is 5.77. The molecule has 6 nitrogen and oxygen atoms in total. The topological polar surface area (TPSA) is 79.9 Å². The summed E-state index contributed by atoms with van der Waals surface area (Å²) in [5, 5.41) is 2.86. The lowest BCUT2D eigenvalue weighted by molar-refractivity contribution is 0.0953. The van der Waals surface area contributed by atoms with Crippen LogP contribution >= 0.6 is 11.8 Å². The highest BCUT2D eigenvalue weighted by atomic mass is 32.2. The molecule has 1 fully saturated rings. The van der Waals surface area contributed by atoms with Crippen LogP contribution in [0.25, 0.3) is 0 Å². The molecule has 1 aliphatic rings. The molecule has 2 aromatic heterocycles. The Kier molecular flexibility index (Phi) is 4.95. The van der Waals surface area contributed by atoms with E-state index in [1.807, 2.05) is 11.8 Å². The molecule has 0 spiro atoms. The van der Waals surface area contributed by atoms with E-state index in [1.165, 1.54) is 0 Å². The van der Waals surface area contributed by atoms with Gasteiger partial charge in [0.15, 0.2) is 0 Å². The molecule has 22 heavy (non-hydrogen) atoms. The normalized spacial score (nSPS) is 17.4. The highest BCUT2D eigenvalue weighted by Crippen LogP contribution is 2.21. The third kappa shape index (κ3) is 4.00. The highest BCUT2D eigenvalue weighted by molar-refractivity contribution is 7.99. The molecular formula is C15H18N4O2S. The van der Waals surface area contributed by atoms with E-state index in [0.29, 0.717) is 18.0 Å². The van der Waals surface area contributed by atoms with Gasteiger partial charge in [-0.05, 0) is 18.2 Å². The van der Waals surface area contributed by atoms with Crippen LogP contribution in [0.3, 0.4) is 0 Å². The number of H-pyrrole nitrogens is 1. The fraction of sp³-hybridized carbons (Fsp3) is 0.400. The second kappa shape index (κ2) is 7.31. The van der Waals surface area contributed by atoms with E-state index in [4.69, 9.17) is 4.74 Å². The molecular weight excluding hydrogens is 300 g/mol. The number of carbonyl (C=O) groups is 1. The third-order valence-electron chi connectivity index (χ3n) is 3.41. The van der Waals surface area contributed by atoms with Gasteiger partial charge >= 0.3 is 0 Å². The Morgan fingerprint density at radius 3 is 3.09 bits per heavy atom. The Bertz CT molecular complexity index is 595. The van der Waals surface area contributed by atoms with E-state index in [9.17, 15) is 4.79 Å². The molecule has 0 radical (unpaired) electrons. The monoisotopic (exact) mass is 318 g/mol. The Morgan fingerprint density at radius 2 is 2.41 bits per heavy atom. The van der Waals surface area contributed by atoms with E-state index in [-0.39, 0.29) is 12.0 Å². The molecule has 1 aliphatic heterocycles. The molecule has 0 bridgehead atoms. The molecule has 0 saturated carbocycles. The minimum absolute atomic E-state index is 0.130. The van der Waals surface area contributed by atoms with Crippen molar-refractivity contribution < 1.29 is 9.53 Å². The lowest BCUT2D eigenvalue weighted by Crippen LogP contribution is -2.26. The highest BCUT2D eigenvalue weighted by Gasteiger charge is 2.17. The molecule has 3 rings (SSSR count). The molecule has 1 saturated heterocycles. The van der Waals surface area contributed by atoms with Gasteiger partial charge in [-0.25, -0.2) is 9.97 Å². The number of hydrogen-bond acceptors (Lipinski definition) is 5. The maximum atomic E-state index is 12.0. The summed E-state index contributed by atoms with van der Waals surface area (Å²) >= 11 is 1.89. The van der Waals surface area contributed by atoms with Gasteiger partial charge in [0.05, 0.1) is 11.9 Å². The number of nitrogens with zero attached hydrogens (tertiary/aromatic N) is 2. The summed E-state index contributed by atoms with van der Waals surface area (Å²) in [6, 6.07) is 3.50. The zero-order valence-electron chi connectivity index (χ0n) is 12.1. The Labute approximate surface area is 133 Å². The summed E-state index contributed by atoms with van der Waals surface area (Å²) in [4.78, 5) is 23.2. The largest absolute Gasteiger partial charge is 0.473 e.